The summed E-state index contributed by atoms with van der Waals surface area (Å²) in [4.78, 5) is 8.70. The fourth-order valence-electron chi connectivity index (χ4n) is 1.83. The van der Waals surface area contributed by atoms with E-state index in [9.17, 15) is 0 Å². The first-order valence-electron chi connectivity index (χ1n) is 6.85. The Labute approximate surface area is 118 Å². The average molecular weight is 282 g/mol. The quantitative estimate of drug-likeness (QED) is 0.576. The van der Waals surface area contributed by atoms with E-state index in [0.29, 0.717) is 0 Å². The van der Waals surface area contributed by atoms with E-state index in [4.69, 9.17) is 4.74 Å². The number of hydrogen-bond acceptors (Lipinski definition) is 6. The van der Waals surface area contributed by atoms with Crippen LogP contribution in [0, 0.1) is 0 Å². The molecular weight excluding hydrogens is 260 g/mol. The van der Waals surface area contributed by atoms with Gasteiger partial charge in [-0.1, -0.05) is 18.7 Å². The molecule has 2 N–H and O–H groups in total. The molecule has 19 heavy (non-hydrogen) atoms. The topological polar surface area (TPSA) is 59.1 Å². The van der Waals surface area contributed by atoms with Gasteiger partial charge in [0.15, 0.2) is 5.16 Å². The van der Waals surface area contributed by atoms with Crippen molar-refractivity contribution in [2.45, 2.75) is 31.1 Å². The normalized spacial score (nSPS) is 19.5. The third-order valence-electron chi connectivity index (χ3n) is 2.82. The van der Waals surface area contributed by atoms with Crippen molar-refractivity contribution in [2.24, 2.45) is 0 Å². The predicted molar refractivity (Wildman–Crippen MR) is 77.4 cm³/mol. The number of rotatable bonds is 7. The lowest BCUT2D eigenvalue weighted by Gasteiger charge is -2.23. The van der Waals surface area contributed by atoms with Crippen LogP contribution < -0.4 is 10.6 Å². The van der Waals surface area contributed by atoms with Crippen LogP contribution in [-0.2, 0) is 11.3 Å². The smallest absolute Gasteiger partial charge is 0.187 e. The van der Waals surface area contributed by atoms with Gasteiger partial charge in [0, 0.05) is 49.9 Å². The molecule has 1 unspecified atom stereocenters. The number of aromatic nitrogens is 2. The van der Waals surface area contributed by atoms with Gasteiger partial charge in [-0.3, -0.25) is 0 Å². The van der Waals surface area contributed by atoms with Gasteiger partial charge < -0.3 is 15.4 Å². The van der Waals surface area contributed by atoms with Gasteiger partial charge in [0.1, 0.15) is 0 Å². The summed E-state index contributed by atoms with van der Waals surface area (Å²) in [6.45, 7) is 6.50. The minimum absolute atomic E-state index is 0.272. The number of ether oxygens (including phenoxy) is 1. The molecule has 0 spiro atoms. The highest BCUT2D eigenvalue weighted by Gasteiger charge is 2.12. The highest BCUT2D eigenvalue weighted by Crippen LogP contribution is 2.12. The van der Waals surface area contributed by atoms with E-state index in [1.807, 2.05) is 12.4 Å². The molecule has 1 fully saturated rings. The third kappa shape index (κ3) is 5.44. The average Bonchev–Trinajstić information content (AvgIpc) is 2.47. The van der Waals surface area contributed by atoms with E-state index in [2.05, 4.69) is 27.5 Å². The van der Waals surface area contributed by atoms with Crippen LogP contribution in [-0.4, -0.2) is 48.1 Å². The second kappa shape index (κ2) is 8.47. The van der Waals surface area contributed by atoms with Gasteiger partial charge in [-0.15, -0.1) is 0 Å². The summed E-state index contributed by atoms with van der Waals surface area (Å²) in [6, 6.07) is 0. The fourth-order valence-corrected chi connectivity index (χ4v) is 2.47. The maximum absolute atomic E-state index is 5.62. The largest absolute Gasteiger partial charge is 0.374 e. The van der Waals surface area contributed by atoms with Crippen LogP contribution in [0.3, 0.4) is 0 Å². The molecule has 2 rings (SSSR count). The van der Waals surface area contributed by atoms with E-state index in [1.165, 1.54) is 0 Å². The fraction of sp³-hybridized carbons (Fsp3) is 0.692. The van der Waals surface area contributed by atoms with Crippen molar-refractivity contribution in [1.29, 1.82) is 0 Å². The Hall–Kier alpha value is -0.690. The Morgan fingerprint density at radius 1 is 1.47 bits per heavy atom. The Balaban J connectivity index is 1.67. The van der Waals surface area contributed by atoms with Crippen LogP contribution in [0.25, 0.3) is 0 Å². The molecule has 1 aliphatic rings. The first kappa shape index (κ1) is 14.7. The minimum Gasteiger partial charge on any atom is -0.374 e. The minimum atomic E-state index is 0.272. The molecule has 0 radical (unpaired) electrons. The zero-order chi connectivity index (χ0) is 13.3. The summed E-state index contributed by atoms with van der Waals surface area (Å²) in [5, 5.41) is 7.57. The molecule has 0 bridgehead atoms. The predicted octanol–water partition coefficient (Wildman–Crippen LogP) is 1.06. The van der Waals surface area contributed by atoms with Crippen molar-refractivity contribution in [3.63, 3.8) is 0 Å². The van der Waals surface area contributed by atoms with Crippen LogP contribution in [0.1, 0.15) is 18.9 Å². The Bertz CT molecular complexity index is 354. The Kier molecular flexibility index (Phi) is 6.56. The van der Waals surface area contributed by atoms with Gasteiger partial charge in [-0.05, 0) is 6.42 Å². The lowest BCUT2D eigenvalue weighted by atomic mass is 10.3. The second-order valence-corrected chi connectivity index (χ2v) is 5.61. The van der Waals surface area contributed by atoms with E-state index in [1.54, 1.807) is 11.8 Å². The van der Waals surface area contributed by atoms with Crippen molar-refractivity contribution in [1.82, 2.24) is 20.6 Å². The number of nitrogens with one attached hydrogen (secondary N) is 2. The number of thioether (sulfide) groups is 1. The molecule has 1 atom stereocenters. The lowest BCUT2D eigenvalue weighted by molar-refractivity contribution is 0.0290. The SMILES string of the molecule is CCCSc1ncc(CNCC2CNCCO2)cn1. The van der Waals surface area contributed by atoms with Gasteiger partial charge in [0.05, 0.1) is 12.7 Å². The van der Waals surface area contributed by atoms with Crippen LogP contribution >= 0.6 is 11.8 Å². The van der Waals surface area contributed by atoms with Crippen LogP contribution in [0.2, 0.25) is 0 Å². The van der Waals surface area contributed by atoms with Crippen LogP contribution in [0.4, 0.5) is 0 Å². The summed E-state index contributed by atoms with van der Waals surface area (Å²) in [7, 11) is 0. The Morgan fingerprint density at radius 2 is 2.32 bits per heavy atom. The second-order valence-electron chi connectivity index (χ2n) is 4.55. The van der Waals surface area contributed by atoms with E-state index < -0.39 is 0 Å². The molecule has 1 aromatic rings. The van der Waals surface area contributed by atoms with Gasteiger partial charge >= 0.3 is 0 Å². The molecule has 0 saturated carbocycles. The molecule has 106 valence electrons. The zero-order valence-electron chi connectivity index (χ0n) is 11.4. The maximum Gasteiger partial charge on any atom is 0.187 e. The van der Waals surface area contributed by atoms with Crippen LogP contribution in [0.15, 0.2) is 17.6 Å². The standard InChI is InChI=1S/C13H22N4OS/c1-2-5-19-13-16-7-11(8-17-13)6-15-10-12-9-14-3-4-18-12/h7-8,12,14-15H,2-6,9-10H2,1H3. The van der Waals surface area contributed by atoms with Crippen molar-refractivity contribution in [3.8, 4) is 0 Å². The highest BCUT2D eigenvalue weighted by atomic mass is 32.2. The lowest BCUT2D eigenvalue weighted by Crippen LogP contribution is -2.43. The van der Waals surface area contributed by atoms with Crippen LogP contribution in [0.5, 0.6) is 0 Å². The summed E-state index contributed by atoms with van der Waals surface area (Å²) < 4.78 is 5.62. The molecular formula is C13H22N4OS. The molecule has 6 heteroatoms. The van der Waals surface area contributed by atoms with Crippen molar-refractivity contribution in [3.05, 3.63) is 18.0 Å². The Morgan fingerprint density at radius 3 is 3.00 bits per heavy atom. The molecule has 0 aliphatic carbocycles. The summed E-state index contributed by atoms with van der Waals surface area (Å²) in [5.74, 6) is 1.07. The first-order chi connectivity index (χ1) is 9.38. The molecule has 0 amide bonds. The molecule has 2 heterocycles. The molecule has 1 aliphatic heterocycles. The first-order valence-corrected chi connectivity index (χ1v) is 7.84. The monoisotopic (exact) mass is 282 g/mol. The van der Waals surface area contributed by atoms with Crippen molar-refractivity contribution >= 4 is 11.8 Å². The maximum atomic E-state index is 5.62. The van der Waals surface area contributed by atoms with Gasteiger partial charge in [-0.25, -0.2) is 9.97 Å². The number of hydrogen-bond donors (Lipinski definition) is 2. The van der Waals surface area contributed by atoms with Gasteiger partial charge in [-0.2, -0.15) is 0 Å². The highest BCUT2D eigenvalue weighted by molar-refractivity contribution is 7.99. The number of nitrogens with zero attached hydrogens (tertiary/aromatic N) is 2. The van der Waals surface area contributed by atoms with E-state index >= 15 is 0 Å². The van der Waals surface area contributed by atoms with E-state index in [-0.39, 0.29) is 6.10 Å². The third-order valence-corrected chi connectivity index (χ3v) is 3.90. The molecule has 1 saturated heterocycles. The van der Waals surface area contributed by atoms with Crippen molar-refractivity contribution < 1.29 is 4.74 Å². The summed E-state index contributed by atoms with van der Waals surface area (Å²) in [6.07, 6.45) is 5.22. The zero-order valence-corrected chi connectivity index (χ0v) is 12.2. The molecule has 5 nitrogen and oxygen atoms in total. The van der Waals surface area contributed by atoms with Crippen molar-refractivity contribution in [2.75, 3.05) is 32.0 Å². The number of morpholine rings is 1. The van der Waals surface area contributed by atoms with Gasteiger partial charge in [0.2, 0.25) is 0 Å². The molecule has 1 aromatic heterocycles. The summed E-state index contributed by atoms with van der Waals surface area (Å²) in [5.41, 5.74) is 1.12. The molecule has 0 aromatic carbocycles. The summed E-state index contributed by atoms with van der Waals surface area (Å²) >= 11 is 1.70. The van der Waals surface area contributed by atoms with E-state index in [0.717, 1.165) is 55.7 Å². The van der Waals surface area contributed by atoms with Gasteiger partial charge in [0.25, 0.3) is 0 Å².